The summed E-state index contributed by atoms with van der Waals surface area (Å²) < 4.78 is 73.3. The van der Waals surface area contributed by atoms with E-state index in [0.29, 0.717) is 11.5 Å². The highest BCUT2D eigenvalue weighted by atomic mass is 32.2. The topological polar surface area (TPSA) is 85.2 Å². The van der Waals surface area contributed by atoms with Crippen molar-refractivity contribution in [1.82, 2.24) is 0 Å². The molecule has 1 saturated heterocycles. The molecule has 0 radical (unpaired) electrons. The lowest BCUT2D eigenvalue weighted by Crippen LogP contribution is -2.09. The second-order valence-corrected chi connectivity index (χ2v) is 8.99. The molecule has 0 spiro atoms. The maximum Gasteiger partial charge on any atom is 0.387 e. The Morgan fingerprint density at radius 3 is 2.50 bits per heavy atom. The molecule has 0 bridgehead atoms. The summed E-state index contributed by atoms with van der Waals surface area (Å²) in [5.41, 5.74) is -0.141. The Hall–Kier alpha value is -1.55. The lowest BCUT2D eigenvalue weighted by molar-refractivity contribution is -0.0501. The predicted octanol–water partition coefficient (Wildman–Crippen LogP) is 2.00. The summed E-state index contributed by atoms with van der Waals surface area (Å²) in [7, 11) is -6.63. The Labute approximate surface area is 126 Å². The molecule has 0 N–H and O–H groups in total. The monoisotopic (exact) mass is 350 g/mol. The molecule has 6 nitrogen and oxygen atoms in total. The molecule has 0 atom stereocenters. The van der Waals surface area contributed by atoms with Gasteiger partial charge in [-0.15, -0.1) is 4.40 Å². The Morgan fingerprint density at radius 1 is 1.18 bits per heavy atom. The molecule has 3 rings (SSSR count). The van der Waals surface area contributed by atoms with E-state index in [9.17, 15) is 21.4 Å². The van der Waals surface area contributed by atoms with E-state index in [1.807, 2.05) is 0 Å². The third-order valence-corrected chi connectivity index (χ3v) is 7.01. The van der Waals surface area contributed by atoms with E-state index < -0.39 is 26.4 Å². The second kappa shape index (κ2) is 5.27. The van der Waals surface area contributed by atoms with Crippen LogP contribution in [0.1, 0.15) is 18.4 Å². The number of benzene rings is 1. The third kappa shape index (κ3) is 2.72. The second-order valence-electron chi connectivity index (χ2n) is 4.88. The van der Waals surface area contributed by atoms with Crippen LogP contribution in [-0.2, 0) is 19.8 Å². The van der Waals surface area contributed by atoms with Gasteiger partial charge in [-0.2, -0.15) is 21.6 Å². The summed E-state index contributed by atoms with van der Waals surface area (Å²) in [6, 6.07) is 3.72. The number of nitrogens with zero attached hydrogens (tertiary/aromatic N) is 2. The Balaban J connectivity index is 2.19. The number of ether oxygens (including phenoxy) is 1. The van der Waals surface area contributed by atoms with Crippen LogP contribution in [0.5, 0.6) is 5.75 Å². The first kappa shape index (κ1) is 15.3. The molecule has 0 unspecified atom stereocenters. The van der Waals surface area contributed by atoms with Crippen LogP contribution < -0.4 is 4.74 Å². The van der Waals surface area contributed by atoms with Gasteiger partial charge in [-0.25, -0.2) is 4.21 Å². The van der Waals surface area contributed by atoms with Crippen LogP contribution in [0.25, 0.3) is 0 Å². The summed E-state index contributed by atoms with van der Waals surface area (Å²) in [4.78, 5) is -0.259. The van der Waals surface area contributed by atoms with E-state index in [-0.39, 0.29) is 22.0 Å². The van der Waals surface area contributed by atoms with Crippen molar-refractivity contribution < 1.29 is 26.1 Å². The zero-order chi connectivity index (χ0) is 16.0. The van der Waals surface area contributed by atoms with Crippen LogP contribution >= 0.6 is 0 Å². The van der Waals surface area contributed by atoms with Gasteiger partial charge in [0.05, 0.1) is 15.3 Å². The summed E-state index contributed by atoms with van der Waals surface area (Å²) in [6.07, 6.45) is 1.45. The van der Waals surface area contributed by atoms with Crippen LogP contribution in [-0.4, -0.2) is 36.6 Å². The molecule has 2 aliphatic rings. The van der Waals surface area contributed by atoms with Crippen LogP contribution in [0.3, 0.4) is 0 Å². The molecular formula is C12H12F2N2O4S2. The number of alkyl halides is 2. The molecule has 1 fully saturated rings. The van der Waals surface area contributed by atoms with Gasteiger partial charge < -0.3 is 4.74 Å². The third-order valence-electron chi connectivity index (χ3n) is 3.34. The van der Waals surface area contributed by atoms with Crippen molar-refractivity contribution in [3.05, 3.63) is 23.8 Å². The smallest absolute Gasteiger partial charge is 0.387 e. The lowest BCUT2D eigenvalue weighted by Gasteiger charge is -2.09. The molecular weight excluding hydrogens is 338 g/mol. The van der Waals surface area contributed by atoms with Gasteiger partial charge in [0.2, 0.25) is 0 Å². The lowest BCUT2D eigenvalue weighted by atomic mass is 10.2. The maximum atomic E-state index is 12.5. The first-order valence-corrected chi connectivity index (χ1v) is 9.76. The molecule has 0 saturated carbocycles. The van der Waals surface area contributed by atoms with Crippen LogP contribution in [0, 0.1) is 0 Å². The Morgan fingerprint density at radius 2 is 1.86 bits per heavy atom. The zero-order valence-electron chi connectivity index (χ0n) is 11.2. The molecule has 0 aliphatic carbocycles. The summed E-state index contributed by atoms with van der Waals surface area (Å²) >= 11 is 0. The molecule has 0 aromatic heterocycles. The number of fused-ring (bicyclic) bond motifs is 1. The van der Waals surface area contributed by atoms with Gasteiger partial charge in [0, 0.05) is 11.5 Å². The van der Waals surface area contributed by atoms with E-state index in [0.717, 1.165) is 12.8 Å². The van der Waals surface area contributed by atoms with Gasteiger partial charge in [-0.1, -0.05) is 6.07 Å². The van der Waals surface area contributed by atoms with E-state index in [1.54, 1.807) is 0 Å². The highest BCUT2D eigenvalue weighted by Gasteiger charge is 2.34. The largest absolute Gasteiger partial charge is 0.434 e. The standard InChI is InChI=1S/C12H12F2N2O4S2/c13-12(14)20-8-4-3-5-9-10(8)11(16-22(9,18)19)15-21(17)6-1-2-7-21/h3-5,12H,1-2,6-7H2. The number of amidine groups is 1. The maximum absolute atomic E-state index is 12.5. The fraction of sp³-hybridized carbons (Fsp3) is 0.417. The van der Waals surface area contributed by atoms with Gasteiger partial charge in [0.25, 0.3) is 10.0 Å². The van der Waals surface area contributed by atoms with Crippen molar-refractivity contribution in [2.75, 3.05) is 11.5 Å². The number of hydrogen-bond acceptors (Lipinski definition) is 5. The molecule has 10 heteroatoms. The highest BCUT2D eigenvalue weighted by molar-refractivity contribution is 7.94. The predicted molar refractivity (Wildman–Crippen MR) is 76.3 cm³/mol. The quantitative estimate of drug-likeness (QED) is 0.816. The Kier molecular flexibility index (Phi) is 3.68. The minimum Gasteiger partial charge on any atom is -0.434 e. The van der Waals surface area contributed by atoms with Crippen molar-refractivity contribution in [3.8, 4) is 5.75 Å². The zero-order valence-corrected chi connectivity index (χ0v) is 12.9. The van der Waals surface area contributed by atoms with E-state index in [2.05, 4.69) is 13.5 Å². The first-order chi connectivity index (χ1) is 10.3. The first-order valence-electron chi connectivity index (χ1n) is 6.46. The van der Waals surface area contributed by atoms with Gasteiger partial charge in [0.15, 0.2) is 5.84 Å². The molecule has 2 heterocycles. The average molecular weight is 350 g/mol. The summed E-state index contributed by atoms with van der Waals surface area (Å²) in [5, 5.41) is 0. The molecule has 120 valence electrons. The van der Waals surface area contributed by atoms with Gasteiger partial charge >= 0.3 is 6.61 Å². The number of halogens is 2. The fourth-order valence-electron chi connectivity index (χ4n) is 2.42. The average Bonchev–Trinajstić information content (AvgIpc) is 2.93. The normalized spacial score (nSPS) is 21.5. The van der Waals surface area contributed by atoms with Gasteiger partial charge in [0.1, 0.15) is 10.6 Å². The highest BCUT2D eigenvalue weighted by Crippen LogP contribution is 2.35. The molecule has 22 heavy (non-hydrogen) atoms. The van der Waals surface area contributed by atoms with Crippen molar-refractivity contribution >= 4 is 25.6 Å². The minimum atomic E-state index is -4.04. The fourth-order valence-corrected chi connectivity index (χ4v) is 5.77. The van der Waals surface area contributed by atoms with Crippen LogP contribution in [0.4, 0.5) is 8.78 Å². The molecule has 2 aliphatic heterocycles. The molecule has 0 amide bonds. The van der Waals surface area contributed by atoms with Crippen molar-refractivity contribution in [2.24, 2.45) is 8.76 Å². The van der Waals surface area contributed by atoms with E-state index in [4.69, 9.17) is 0 Å². The van der Waals surface area contributed by atoms with Crippen molar-refractivity contribution in [2.45, 2.75) is 24.3 Å². The van der Waals surface area contributed by atoms with Crippen molar-refractivity contribution in [3.63, 3.8) is 0 Å². The number of hydrogen-bond donors (Lipinski definition) is 0. The minimum absolute atomic E-state index is 0.141. The number of rotatable bonds is 2. The summed E-state index contributed by atoms with van der Waals surface area (Å²) in [6.45, 7) is -3.11. The van der Waals surface area contributed by atoms with Crippen molar-refractivity contribution in [1.29, 1.82) is 0 Å². The van der Waals surface area contributed by atoms with E-state index in [1.165, 1.54) is 18.2 Å². The van der Waals surface area contributed by atoms with Crippen LogP contribution in [0.15, 0.2) is 31.9 Å². The van der Waals surface area contributed by atoms with Crippen LogP contribution in [0.2, 0.25) is 0 Å². The summed E-state index contributed by atoms with van der Waals surface area (Å²) in [5.74, 6) is 0.0497. The molecule has 1 aromatic carbocycles. The SMILES string of the molecule is O=S1(=O)N=C(N=S2(=O)CCCC2)c2c(OC(F)F)cccc21. The van der Waals surface area contributed by atoms with Gasteiger partial charge in [-0.05, 0) is 25.0 Å². The Bertz CT molecular complexity index is 859. The van der Waals surface area contributed by atoms with Gasteiger partial charge in [-0.3, -0.25) is 0 Å². The van der Waals surface area contributed by atoms with E-state index >= 15 is 0 Å². The molecule has 1 aromatic rings. The number of sulfonamides is 1.